The molecule has 0 unspecified atom stereocenters. The Labute approximate surface area is 102 Å². The van der Waals surface area contributed by atoms with E-state index in [-0.39, 0.29) is 18.1 Å². The molecule has 8 heteroatoms. The maximum Gasteiger partial charge on any atom is 0.246 e. The van der Waals surface area contributed by atoms with E-state index in [0.29, 0.717) is 17.7 Å². The average molecular weight is 248 g/mol. The van der Waals surface area contributed by atoms with E-state index >= 15 is 0 Å². The van der Waals surface area contributed by atoms with Crippen molar-refractivity contribution in [3.63, 3.8) is 0 Å². The smallest absolute Gasteiger partial charge is 0.246 e. The molecule has 0 saturated carbocycles. The number of hydrogen-bond acceptors (Lipinski definition) is 5. The zero-order valence-corrected chi connectivity index (χ0v) is 9.97. The molecule has 0 aromatic carbocycles. The number of amides is 1. The number of aromatic nitrogens is 5. The highest BCUT2D eigenvalue weighted by molar-refractivity contribution is 5.91. The van der Waals surface area contributed by atoms with Gasteiger partial charge in [0.1, 0.15) is 12.2 Å². The van der Waals surface area contributed by atoms with Crippen molar-refractivity contribution in [2.45, 2.75) is 20.4 Å². The number of aryl methyl sites for hydroxylation is 2. The van der Waals surface area contributed by atoms with Crippen LogP contribution in [0.4, 0.5) is 5.69 Å². The standard InChI is InChI=1S/C10H12N6O2/c1-6-10(7(2)13-12-6)11-9(18)4-16-3-8(5-17)14-15-16/h3,5H,4H2,1-2H3,(H,11,18)(H,12,13). The van der Waals surface area contributed by atoms with Crippen LogP contribution in [0.3, 0.4) is 0 Å². The first-order valence-corrected chi connectivity index (χ1v) is 5.27. The summed E-state index contributed by atoms with van der Waals surface area (Å²) in [6.45, 7) is 3.60. The van der Waals surface area contributed by atoms with Crippen LogP contribution < -0.4 is 5.32 Å². The van der Waals surface area contributed by atoms with Gasteiger partial charge in [0.05, 0.1) is 23.3 Å². The molecule has 18 heavy (non-hydrogen) atoms. The van der Waals surface area contributed by atoms with E-state index in [2.05, 4.69) is 25.8 Å². The van der Waals surface area contributed by atoms with Gasteiger partial charge in [0.15, 0.2) is 6.29 Å². The van der Waals surface area contributed by atoms with Crippen molar-refractivity contribution in [2.24, 2.45) is 0 Å². The van der Waals surface area contributed by atoms with Crippen LogP contribution in [0.2, 0.25) is 0 Å². The normalized spacial score (nSPS) is 10.3. The zero-order valence-electron chi connectivity index (χ0n) is 9.97. The number of hydrogen-bond donors (Lipinski definition) is 2. The van der Waals surface area contributed by atoms with Gasteiger partial charge in [-0.3, -0.25) is 14.7 Å². The van der Waals surface area contributed by atoms with Gasteiger partial charge in [-0.05, 0) is 13.8 Å². The number of carbonyl (C=O) groups excluding carboxylic acids is 2. The topological polar surface area (TPSA) is 106 Å². The Balaban J connectivity index is 2.03. The molecule has 0 aliphatic rings. The van der Waals surface area contributed by atoms with Gasteiger partial charge in [-0.15, -0.1) is 5.10 Å². The molecule has 2 rings (SSSR count). The zero-order chi connectivity index (χ0) is 13.1. The SMILES string of the molecule is Cc1n[nH]c(C)c1NC(=O)Cn1cc(C=O)nn1. The van der Waals surface area contributed by atoms with E-state index < -0.39 is 0 Å². The summed E-state index contributed by atoms with van der Waals surface area (Å²) in [5.74, 6) is -0.259. The Hall–Kier alpha value is -2.51. The first kappa shape index (κ1) is 12.0. The van der Waals surface area contributed by atoms with Crippen LogP contribution in [0.15, 0.2) is 6.20 Å². The summed E-state index contributed by atoms with van der Waals surface area (Å²) >= 11 is 0. The van der Waals surface area contributed by atoms with Crippen molar-refractivity contribution in [3.05, 3.63) is 23.3 Å². The van der Waals surface area contributed by atoms with Gasteiger partial charge >= 0.3 is 0 Å². The predicted molar refractivity (Wildman–Crippen MR) is 62.1 cm³/mol. The number of anilines is 1. The quantitative estimate of drug-likeness (QED) is 0.745. The molecule has 1 amide bonds. The second-order valence-corrected chi connectivity index (χ2v) is 3.82. The highest BCUT2D eigenvalue weighted by Gasteiger charge is 2.11. The Morgan fingerprint density at radius 1 is 1.56 bits per heavy atom. The molecule has 0 aliphatic heterocycles. The molecule has 0 radical (unpaired) electrons. The van der Waals surface area contributed by atoms with Gasteiger partial charge in [-0.2, -0.15) is 5.10 Å². The summed E-state index contributed by atoms with van der Waals surface area (Å²) in [7, 11) is 0. The van der Waals surface area contributed by atoms with Gasteiger partial charge < -0.3 is 5.32 Å². The first-order chi connectivity index (χ1) is 8.60. The van der Waals surface area contributed by atoms with Gasteiger partial charge in [0, 0.05) is 0 Å². The van der Waals surface area contributed by atoms with E-state index in [1.807, 2.05) is 6.92 Å². The van der Waals surface area contributed by atoms with E-state index in [9.17, 15) is 9.59 Å². The number of H-pyrrole nitrogens is 1. The fraction of sp³-hybridized carbons (Fsp3) is 0.300. The van der Waals surface area contributed by atoms with Crippen molar-refractivity contribution in [3.8, 4) is 0 Å². The second-order valence-electron chi connectivity index (χ2n) is 3.82. The van der Waals surface area contributed by atoms with Crippen molar-refractivity contribution in [1.82, 2.24) is 25.2 Å². The van der Waals surface area contributed by atoms with Crippen LogP contribution in [-0.4, -0.2) is 37.4 Å². The number of nitrogens with zero attached hydrogens (tertiary/aromatic N) is 4. The molecule has 0 bridgehead atoms. The van der Waals surface area contributed by atoms with E-state index in [4.69, 9.17) is 0 Å². The number of nitrogens with one attached hydrogen (secondary N) is 2. The summed E-state index contributed by atoms with van der Waals surface area (Å²) in [5.41, 5.74) is 2.36. The molecule has 2 heterocycles. The minimum atomic E-state index is -0.259. The monoisotopic (exact) mass is 248 g/mol. The van der Waals surface area contributed by atoms with Crippen LogP contribution in [0.5, 0.6) is 0 Å². The minimum Gasteiger partial charge on any atom is -0.321 e. The van der Waals surface area contributed by atoms with E-state index in [0.717, 1.165) is 5.69 Å². The largest absolute Gasteiger partial charge is 0.321 e. The number of aldehydes is 1. The van der Waals surface area contributed by atoms with Crippen molar-refractivity contribution in [2.75, 3.05) is 5.32 Å². The molecule has 0 atom stereocenters. The summed E-state index contributed by atoms with van der Waals surface area (Å²) in [5, 5.41) is 16.7. The Kier molecular flexibility index (Phi) is 3.18. The molecule has 0 fully saturated rings. The molecule has 0 spiro atoms. The lowest BCUT2D eigenvalue weighted by Gasteiger charge is -2.04. The van der Waals surface area contributed by atoms with Crippen molar-refractivity contribution >= 4 is 17.9 Å². The molecule has 2 N–H and O–H groups in total. The third-order valence-electron chi connectivity index (χ3n) is 2.38. The van der Waals surface area contributed by atoms with Gasteiger partial charge in [0.25, 0.3) is 0 Å². The predicted octanol–water partition coefficient (Wildman–Crippen LogP) is 0.0692. The maximum atomic E-state index is 11.8. The van der Waals surface area contributed by atoms with Gasteiger partial charge in [-0.1, -0.05) is 5.21 Å². The molecular formula is C10H12N6O2. The van der Waals surface area contributed by atoms with Crippen LogP contribution in [0.1, 0.15) is 21.9 Å². The summed E-state index contributed by atoms with van der Waals surface area (Å²) in [4.78, 5) is 22.2. The van der Waals surface area contributed by atoms with Crippen LogP contribution in [0, 0.1) is 13.8 Å². The lowest BCUT2D eigenvalue weighted by Crippen LogP contribution is -2.19. The van der Waals surface area contributed by atoms with E-state index in [1.54, 1.807) is 6.92 Å². The van der Waals surface area contributed by atoms with Crippen LogP contribution in [-0.2, 0) is 11.3 Å². The molecule has 0 aliphatic carbocycles. The minimum absolute atomic E-state index is 0.00903. The molecule has 2 aromatic rings. The second kappa shape index (κ2) is 4.78. The molecule has 94 valence electrons. The summed E-state index contributed by atoms with van der Waals surface area (Å²) in [6.07, 6.45) is 1.98. The highest BCUT2D eigenvalue weighted by Crippen LogP contribution is 2.15. The average Bonchev–Trinajstić information content (AvgIpc) is 2.91. The van der Waals surface area contributed by atoms with Gasteiger partial charge in [0.2, 0.25) is 5.91 Å². The summed E-state index contributed by atoms with van der Waals surface area (Å²) < 4.78 is 1.30. The molecule has 2 aromatic heterocycles. The third-order valence-corrected chi connectivity index (χ3v) is 2.38. The van der Waals surface area contributed by atoms with Crippen molar-refractivity contribution < 1.29 is 9.59 Å². The fourth-order valence-electron chi connectivity index (χ4n) is 1.51. The number of carbonyl (C=O) groups is 2. The fourth-order valence-corrected chi connectivity index (χ4v) is 1.51. The van der Waals surface area contributed by atoms with Crippen LogP contribution in [0.25, 0.3) is 0 Å². The lowest BCUT2D eigenvalue weighted by atomic mass is 10.3. The Bertz CT molecular complexity index is 565. The first-order valence-electron chi connectivity index (χ1n) is 5.27. The Morgan fingerprint density at radius 3 is 2.89 bits per heavy atom. The number of aromatic amines is 1. The van der Waals surface area contributed by atoms with Crippen molar-refractivity contribution in [1.29, 1.82) is 0 Å². The van der Waals surface area contributed by atoms with E-state index in [1.165, 1.54) is 10.9 Å². The number of rotatable bonds is 4. The molecule has 8 nitrogen and oxygen atoms in total. The lowest BCUT2D eigenvalue weighted by molar-refractivity contribution is -0.116. The summed E-state index contributed by atoms with van der Waals surface area (Å²) in [6, 6.07) is 0. The Morgan fingerprint density at radius 2 is 2.33 bits per heavy atom. The molecular weight excluding hydrogens is 236 g/mol. The highest BCUT2D eigenvalue weighted by atomic mass is 16.2. The molecule has 0 saturated heterocycles. The third kappa shape index (κ3) is 2.42. The maximum absolute atomic E-state index is 11.8. The van der Waals surface area contributed by atoms with Crippen LogP contribution >= 0.6 is 0 Å². The van der Waals surface area contributed by atoms with Gasteiger partial charge in [-0.25, -0.2) is 4.68 Å².